The highest BCUT2D eigenvalue weighted by Crippen LogP contribution is 2.55. The summed E-state index contributed by atoms with van der Waals surface area (Å²) in [6.07, 6.45) is 6.85. The fourth-order valence-corrected chi connectivity index (χ4v) is 6.78. The normalized spacial score (nSPS) is 18.5. The molecule has 0 saturated heterocycles. The van der Waals surface area contributed by atoms with Gasteiger partial charge in [0.25, 0.3) is 0 Å². The number of benzene rings is 4. The molecule has 0 bridgehead atoms. The maximum atomic E-state index is 5.30. The van der Waals surface area contributed by atoms with Crippen molar-refractivity contribution in [2.75, 3.05) is 4.90 Å². The Hall–Kier alpha value is -4.96. The number of hydrogen-bond donors (Lipinski definition) is 0. The standard InChI is InChI=1S/C34H22N4/c1-2-11-21(12-3-1)33-35-26-17-8-6-15-24(26)34(36-33)38-28-18-9-7-16-25(28)30-29-20-10-19-27-22-13-4-5-14-23(22)31(32(30)38)37(27)29/h1-20,29-30H. The molecular formula is C34H22N4. The monoisotopic (exact) mass is 486 g/mol. The number of hydrogen-bond acceptors (Lipinski definition) is 3. The van der Waals surface area contributed by atoms with Gasteiger partial charge >= 0.3 is 0 Å². The Bertz CT molecular complexity index is 2100. The molecule has 0 spiro atoms. The van der Waals surface area contributed by atoms with Crippen molar-refractivity contribution >= 4 is 45.0 Å². The van der Waals surface area contributed by atoms with Gasteiger partial charge in [0.05, 0.1) is 34.2 Å². The van der Waals surface area contributed by atoms with E-state index in [4.69, 9.17) is 9.97 Å². The van der Waals surface area contributed by atoms with E-state index in [2.05, 4.69) is 113 Å². The highest BCUT2D eigenvalue weighted by Gasteiger charge is 2.46. The number of anilines is 2. The zero-order chi connectivity index (χ0) is 24.8. The fourth-order valence-electron chi connectivity index (χ4n) is 6.78. The second-order valence-electron chi connectivity index (χ2n) is 10.2. The molecule has 6 aromatic rings. The average molecular weight is 487 g/mol. The number of aromatic nitrogens is 3. The maximum absolute atomic E-state index is 5.30. The molecule has 2 atom stereocenters. The van der Waals surface area contributed by atoms with Crippen molar-refractivity contribution in [2.24, 2.45) is 0 Å². The summed E-state index contributed by atoms with van der Waals surface area (Å²) < 4.78 is 2.55. The van der Waals surface area contributed by atoms with Crippen LogP contribution >= 0.6 is 0 Å². The van der Waals surface area contributed by atoms with Gasteiger partial charge in [-0.05, 0) is 29.8 Å². The molecule has 0 amide bonds. The van der Waals surface area contributed by atoms with Crippen molar-refractivity contribution in [2.45, 2.75) is 12.0 Å². The van der Waals surface area contributed by atoms with Crippen LogP contribution in [-0.4, -0.2) is 14.5 Å². The molecule has 0 radical (unpaired) electrons. The zero-order valence-corrected chi connectivity index (χ0v) is 20.5. The molecular weight excluding hydrogens is 464 g/mol. The minimum Gasteiger partial charge on any atom is -0.331 e. The Morgan fingerprint density at radius 3 is 2.29 bits per heavy atom. The van der Waals surface area contributed by atoms with Crippen molar-refractivity contribution in [3.8, 4) is 11.4 Å². The van der Waals surface area contributed by atoms with Crippen molar-refractivity contribution in [3.63, 3.8) is 0 Å². The van der Waals surface area contributed by atoms with E-state index in [-0.39, 0.29) is 12.0 Å². The van der Waals surface area contributed by atoms with Gasteiger partial charge in [0.1, 0.15) is 5.82 Å². The Morgan fingerprint density at radius 1 is 0.658 bits per heavy atom. The highest BCUT2D eigenvalue weighted by atomic mass is 15.3. The van der Waals surface area contributed by atoms with Crippen LogP contribution in [0.4, 0.5) is 11.5 Å². The van der Waals surface area contributed by atoms with Crippen LogP contribution in [0.1, 0.15) is 17.5 Å². The largest absolute Gasteiger partial charge is 0.331 e. The number of nitrogens with zero attached hydrogens (tertiary/aromatic N) is 4. The van der Waals surface area contributed by atoms with Crippen LogP contribution in [0.2, 0.25) is 0 Å². The third-order valence-electron chi connectivity index (χ3n) is 8.28. The summed E-state index contributed by atoms with van der Waals surface area (Å²) >= 11 is 0. The molecule has 178 valence electrons. The third kappa shape index (κ3) is 2.49. The SMILES string of the molecule is C1=CC2C3C(=c4c5ccccc5c(n42)=C1)N(c1nc(-c2ccccc2)nc2ccccc12)c1ccccc13. The first-order valence-corrected chi connectivity index (χ1v) is 13.1. The fraction of sp³-hybridized carbons (Fsp3) is 0.0588. The van der Waals surface area contributed by atoms with E-state index in [1.807, 2.05) is 18.2 Å². The van der Waals surface area contributed by atoms with E-state index >= 15 is 0 Å². The van der Waals surface area contributed by atoms with Crippen LogP contribution in [0.25, 0.3) is 44.8 Å². The van der Waals surface area contributed by atoms with Crippen LogP contribution in [0, 0.1) is 0 Å². The topological polar surface area (TPSA) is 34.0 Å². The molecule has 3 aliphatic heterocycles. The summed E-state index contributed by atoms with van der Waals surface area (Å²) in [5, 5.41) is 6.24. The van der Waals surface area contributed by atoms with Crippen LogP contribution < -0.4 is 15.6 Å². The lowest BCUT2D eigenvalue weighted by atomic mass is 9.91. The summed E-state index contributed by atoms with van der Waals surface area (Å²) in [5.74, 6) is 1.91. The Morgan fingerprint density at radius 2 is 1.39 bits per heavy atom. The third-order valence-corrected chi connectivity index (χ3v) is 8.28. The van der Waals surface area contributed by atoms with Crippen LogP contribution in [0.3, 0.4) is 0 Å². The van der Waals surface area contributed by atoms with Crippen molar-refractivity contribution in [1.29, 1.82) is 0 Å². The van der Waals surface area contributed by atoms with E-state index in [1.54, 1.807) is 0 Å². The van der Waals surface area contributed by atoms with Crippen molar-refractivity contribution in [1.82, 2.24) is 14.5 Å². The first kappa shape index (κ1) is 20.1. The molecule has 0 saturated carbocycles. The lowest BCUT2D eigenvalue weighted by molar-refractivity contribution is 0.576. The molecule has 4 heteroatoms. The Balaban J connectivity index is 1.44. The molecule has 4 aromatic carbocycles. The van der Waals surface area contributed by atoms with Crippen LogP contribution in [-0.2, 0) is 0 Å². The van der Waals surface area contributed by atoms with Crippen LogP contribution in [0.15, 0.2) is 115 Å². The molecule has 9 rings (SSSR count). The first-order chi connectivity index (χ1) is 18.9. The first-order valence-electron chi connectivity index (χ1n) is 13.1. The van der Waals surface area contributed by atoms with Crippen LogP contribution in [0.5, 0.6) is 0 Å². The minimum absolute atomic E-state index is 0.225. The summed E-state index contributed by atoms with van der Waals surface area (Å²) in [5.41, 5.74) is 5.83. The zero-order valence-electron chi connectivity index (χ0n) is 20.5. The van der Waals surface area contributed by atoms with E-state index in [0.29, 0.717) is 0 Å². The maximum Gasteiger partial charge on any atom is 0.162 e. The van der Waals surface area contributed by atoms with Crippen molar-refractivity contribution in [3.05, 3.63) is 132 Å². The number of fused-ring (bicyclic) bond motifs is 8. The van der Waals surface area contributed by atoms with Gasteiger partial charge in [-0.15, -0.1) is 0 Å². The van der Waals surface area contributed by atoms with Crippen molar-refractivity contribution < 1.29 is 0 Å². The van der Waals surface area contributed by atoms with E-state index in [9.17, 15) is 0 Å². The molecule has 0 N–H and O–H groups in total. The summed E-state index contributed by atoms with van der Waals surface area (Å²) in [4.78, 5) is 12.7. The van der Waals surface area contributed by atoms with Gasteiger partial charge in [0.2, 0.25) is 0 Å². The van der Waals surface area contributed by atoms with Gasteiger partial charge in [0, 0.05) is 27.1 Å². The van der Waals surface area contributed by atoms with Gasteiger partial charge < -0.3 is 4.57 Å². The number of para-hydroxylation sites is 2. The van der Waals surface area contributed by atoms with Gasteiger partial charge in [-0.25, -0.2) is 9.97 Å². The molecule has 0 fully saturated rings. The molecule has 4 nitrogen and oxygen atoms in total. The second kappa shape index (κ2) is 7.30. The number of rotatable bonds is 2. The Kier molecular flexibility index (Phi) is 3.87. The molecule has 3 aliphatic rings. The average Bonchev–Trinajstić information content (AvgIpc) is 3.62. The quantitative estimate of drug-likeness (QED) is 0.292. The highest BCUT2D eigenvalue weighted by molar-refractivity contribution is 6.03. The van der Waals surface area contributed by atoms with Gasteiger partial charge in [-0.2, -0.15) is 0 Å². The second-order valence-corrected chi connectivity index (χ2v) is 10.2. The summed E-state index contributed by atoms with van der Waals surface area (Å²) in [7, 11) is 0. The minimum atomic E-state index is 0.225. The lowest BCUT2D eigenvalue weighted by Gasteiger charge is -2.23. The molecule has 2 aromatic heterocycles. The van der Waals surface area contributed by atoms with Gasteiger partial charge in [-0.1, -0.05) is 97.1 Å². The van der Waals surface area contributed by atoms with E-state index in [0.717, 1.165) is 28.1 Å². The Labute approximate surface area is 219 Å². The van der Waals surface area contributed by atoms with E-state index < -0.39 is 0 Å². The molecule has 0 aliphatic carbocycles. The molecule has 2 unspecified atom stereocenters. The summed E-state index contributed by atoms with van der Waals surface area (Å²) in [6.45, 7) is 0. The van der Waals surface area contributed by atoms with Gasteiger partial charge in [-0.3, -0.25) is 4.90 Å². The molecule has 5 heterocycles. The van der Waals surface area contributed by atoms with E-state index in [1.165, 1.54) is 38.4 Å². The summed E-state index contributed by atoms with van der Waals surface area (Å²) in [6, 6.07) is 36.6. The predicted octanol–water partition coefficient (Wildman–Crippen LogP) is 6.20. The predicted molar refractivity (Wildman–Crippen MR) is 154 cm³/mol. The lowest BCUT2D eigenvalue weighted by Crippen LogP contribution is -2.29. The smallest absolute Gasteiger partial charge is 0.162 e. The number of allylic oxidation sites excluding steroid dienone is 2. The molecule has 38 heavy (non-hydrogen) atoms. The van der Waals surface area contributed by atoms with Gasteiger partial charge in [0.15, 0.2) is 5.82 Å².